The van der Waals surface area contributed by atoms with Crippen LogP contribution in [0.25, 0.3) is 0 Å². The van der Waals surface area contributed by atoms with E-state index in [2.05, 4.69) is 18.7 Å². The Morgan fingerprint density at radius 1 is 1.21 bits per heavy atom. The molecule has 1 heterocycles. The first-order valence-corrected chi connectivity index (χ1v) is 8.12. The van der Waals surface area contributed by atoms with Gasteiger partial charge < -0.3 is 10.6 Å². The van der Waals surface area contributed by atoms with Crippen LogP contribution in [0.1, 0.15) is 65.2 Å². The van der Waals surface area contributed by atoms with Crippen LogP contribution in [0.15, 0.2) is 0 Å². The number of hydrogen-bond acceptors (Lipinski definition) is 2. The molecule has 2 N–H and O–H groups in total. The van der Waals surface area contributed by atoms with Gasteiger partial charge in [0.15, 0.2) is 0 Å². The molecular weight excluding hydrogens is 236 g/mol. The van der Waals surface area contributed by atoms with E-state index >= 15 is 0 Å². The van der Waals surface area contributed by atoms with E-state index in [9.17, 15) is 4.79 Å². The standard InChI is InChI=1S/C16H30N2O/c1-13(2)14-8-7-11-18(14)15(19)16(12-17)9-5-3-4-6-10-16/h13-14H,3-12,17H2,1-2H3. The highest BCUT2D eigenvalue weighted by Crippen LogP contribution is 2.38. The maximum Gasteiger partial charge on any atom is 0.230 e. The van der Waals surface area contributed by atoms with Gasteiger partial charge in [0.25, 0.3) is 0 Å². The summed E-state index contributed by atoms with van der Waals surface area (Å²) in [5.74, 6) is 0.931. The molecule has 0 aromatic rings. The number of nitrogens with two attached hydrogens (primary N) is 1. The maximum atomic E-state index is 13.1. The van der Waals surface area contributed by atoms with Crippen LogP contribution >= 0.6 is 0 Å². The summed E-state index contributed by atoms with van der Waals surface area (Å²) in [6, 6.07) is 0.444. The highest BCUT2D eigenvalue weighted by Gasteiger charge is 2.43. The van der Waals surface area contributed by atoms with Gasteiger partial charge in [-0.1, -0.05) is 39.5 Å². The van der Waals surface area contributed by atoms with Crippen molar-refractivity contribution in [2.24, 2.45) is 17.1 Å². The van der Waals surface area contributed by atoms with Gasteiger partial charge in [0.1, 0.15) is 0 Å². The molecule has 19 heavy (non-hydrogen) atoms. The van der Waals surface area contributed by atoms with E-state index in [0.29, 0.717) is 24.4 Å². The Morgan fingerprint density at radius 2 is 1.84 bits per heavy atom. The maximum absolute atomic E-state index is 13.1. The summed E-state index contributed by atoms with van der Waals surface area (Å²) in [7, 11) is 0. The summed E-state index contributed by atoms with van der Waals surface area (Å²) in [5, 5.41) is 0. The van der Waals surface area contributed by atoms with Crippen molar-refractivity contribution in [3.05, 3.63) is 0 Å². The van der Waals surface area contributed by atoms with E-state index in [-0.39, 0.29) is 5.41 Å². The van der Waals surface area contributed by atoms with Crippen LogP contribution in [0, 0.1) is 11.3 Å². The highest BCUT2D eigenvalue weighted by atomic mass is 16.2. The van der Waals surface area contributed by atoms with Crippen LogP contribution in [-0.4, -0.2) is 29.9 Å². The fraction of sp³-hybridized carbons (Fsp3) is 0.938. The van der Waals surface area contributed by atoms with Gasteiger partial charge >= 0.3 is 0 Å². The molecule has 1 aliphatic carbocycles. The van der Waals surface area contributed by atoms with E-state index in [1.165, 1.54) is 32.1 Å². The molecule has 3 nitrogen and oxygen atoms in total. The zero-order chi connectivity index (χ0) is 13.9. The Morgan fingerprint density at radius 3 is 2.37 bits per heavy atom. The van der Waals surface area contributed by atoms with Crippen molar-refractivity contribution in [1.29, 1.82) is 0 Å². The topological polar surface area (TPSA) is 46.3 Å². The molecule has 1 atom stereocenters. The van der Waals surface area contributed by atoms with Crippen LogP contribution < -0.4 is 5.73 Å². The number of hydrogen-bond donors (Lipinski definition) is 1. The number of amides is 1. The van der Waals surface area contributed by atoms with Crippen molar-refractivity contribution < 1.29 is 4.79 Å². The van der Waals surface area contributed by atoms with Crippen LogP contribution in [0.4, 0.5) is 0 Å². The van der Waals surface area contributed by atoms with Gasteiger partial charge in [0, 0.05) is 19.1 Å². The molecule has 1 unspecified atom stereocenters. The lowest BCUT2D eigenvalue weighted by Gasteiger charge is -2.38. The first-order valence-electron chi connectivity index (χ1n) is 8.12. The van der Waals surface area contributed by atoms with Gasteiger partial charge in [-0.15, -0.1) is 0 Å². The van der Waals surface area contributed by atoms with Crippen molar-refractivity contribution in [2.75, 3.05) is 13.1 Å². The monoisotopic (exact) mass is 266 g/mol. The van der Waals surface area contributed by atoms with E-state index in [1.54, 1.807) is 0 Å². The molecule has 1 aliphatic heterocycles. The molecular formula is C16H30N2O. The molecule has 0 radical (unpaired) electrons. The number of nitrogens with zero attached hydrogens (tertiary/aromatic N) is 1. The Labute approximate surface area is 117 Å². The third kappa shape index (κ3) is 2.96. The number of likely N-dealkylation sites (tertiary alicyclic amines) is 1. The van der Waals surface area contributed by atoms with E-state index < -0.39 is 0 Å². The van der Waals surface area contributed by atoms with Gasteiger partial charge in [-0.05, 0) is 31.6 Å². The van der Waals surface area contributed by atoms with Crippen molar-refractivity contribution >= 4 is 5.91 Å². The van der Waals surface area contributed by atoms with Gasteiger partial charge in [-0.25, -0.2) is 0 Å². The normalized spacial score (nSPS) is 27.6. The average molecular weight is 266 g/mol. The molecule has 0 aromatic heterocycles. The molecule has 2 fully saturated rings. The first kappa shape index (κ1) is 14.8. The third-order valence-electron chi connectivity index (χ3n) is 5.23. The second kappa shape index (κ2) is 6.25. The van der Waals surface area contributed by atoms with Gasteiger partial charge in [-0.3, -0.25) is 4.79 Å². The van der Waals surface area contributed by atoms with Gasteiger partial charge in [0.2, 0.25) is 5.91 Å². The number of carbonyl (C=O) groups is 1. The zero-order valence-electron chi connectivity index (χ0n) is 12.7. The minimum absolute atomic E-state index is 0.242. The second-order valence-corrected chi connectivity index (χ2v) is 6.85. The van der Waals surface area contributed by atoms with Crippen LogP contribution in [0.5, 0.6) is 0 Å². The Hall–Kier alpha value is -0.570. The Bertz CT molecular complexity index is 306. The van der Waals surface area contributed by atoms with Crippen LogP contribution in [-0.2, 0) is 4.79 Å². The summed E-state index contributed by atoms with van der Waals surface area (Å²) < 4.78 is 0. The SMILES string of the molecule is CC(C)C1CCCN1C(=O)C1(CN)CCCCCC1. The summed E-state index contributed by atoms with van der Waals surface area (Å²) in [5.41, 5.74) is 5.81. The number of carbonyl (C=O) groups excluding carboxylic acids is 1. The smallest absolute Gasteiger partial charge is 0.230 e. The molecule has 0 bridgehead atoms. The second-order valence-electron chi connectivity index (χ2n) is 6.85. The lowest BCUT2D eigenvalue weighted by molar-refractivity contribution is -0.144. The lowest BCUT2D eigenvalue weighted by atomic mass is 9.78. The minimum Gasteiger partial charge on any atom is -0.339 e. The first-order chi connectivity index (χ1) is 9.10. The quantitative estimate of drug-likeness (QED) is 0.798. The summed E-state index contributed by atoms with van der Waals surface area (Å²) >= 11 is 0. The fourth-order valence-electron chi connectivity index (χ4n) is 3.95. The molecule has 1 amide bonds. The average Bonchev–Trinajstić information content (AvgIpc) is 2.76. The Balaban J connectivity index is 2.15. The summed E-state index contributed by atoms with van der Waals surface area (Å²) in [6.45, 7) is 5.95. The predicted molar refractivity (Wildman–Crippen MR) is 78.8 cm³/mol. The number of rotatable bonds is 3. The van der Waals surface area contributed by atoms with E-state index in [4.69, 9.17) is 5.73 Å². The molecule has 3 heteroatoms. The molecule has 1 saturated carbocycles. The minimum atomic E-state index is -0.242. The molecule has 1 saturated heterocycles. The van der Waals surface area contributed by atoms with Crippen LogP contribution in [0.2, 0.25) is 0 Å². The molecule has 0 aromatic carbocycles. The molecule has 2 aliphatic rings. The molecule has 2 rings (SSSR count). The molecule has 0 spiro atoms. The van der Waals surface area contributed by atoms with Crippen molar-refractivity contribution in [3.8, 4) is 0 Å². The largest absolute Gasteiger partial charge is 0.339 e. The fourth-order valence-corrected chi connectivity index (χ4v) is 3.95. The third-order valence-corrected chi connectivity index (χ3v) is 5.23. The van der Waals surface area contributed by atoms with E-state index in [0.717, 1.165) is 25.8 Å². The zero-order valence-corrected chi connectivity index (χ0v) is 12.7. The van der Waals surface area contributed by atoms with Crippen molar-refractivity contribution in [3.63, 3.8) is 0 Å². The highest BCUT2D eigenvalue weighted by molar-refractivity contribution is 5.83. The van der Waals surface area contributed by atoms with Gasteiger partial charge in [0.05, 0.1) is 5.41 Å². The van der Waals surface area contributed by atoms with E-state index in [1.807, 2.05) is 0 Å². The Kier molecular flexibility index (Phi) is 4.88. The molecule has 110 valence electrons. The van der Waals surface area contributed by atoms with Crippen LogP contribution in [0.3, 0.4) is 0 Å². The van der Waals surface area contributed by atoms with Crippen molar-refractivity contribution in [2.45, 2.75) is 71.3 Å². The predicted octanol–water partition coefficient (Wildman–Crippen LogP) is 2.93. The summed E-state index contributed by atoms with van der Waals surface area (Å²) in [6.07, 6.45) is 9.21. The van der Waals surface area contributed by atoms with Crippen molar-refractivity contribution in [1.82, 2.24) is 4.90 Å². The lowest BCUT2D eigenvalue weighted by Crippen LogP contribution is -2.50. The van der Waals surface area contributed by atoms with Gasteiger partial charge in [-0.2, -0.15) is 0 Å². The summed E-state index contributed by atoms with van der Waals surface area (Å²) in [4.78, 5) is 15.2.